The van der Waals surface area contributed by atoms with Crippen molar-refractivity contribution in [3.05, 3.63) is 41.9 Å². The zero-order valence-electron chi connectivity index (χ0n) is 10.4. The highest BCUT2D eigenvalue weighted by atomic mass is 19.4. The number of halogens is 3. The molecule has 6 heteroatoms. The van der Waals surface area contributed by atoms with Crippen LogP contribution in [0.15, 0.2) is 30.6 Å². The topological polar surface area (TPSA) is 38.7 Å². The zero-order chi connectivity index (χ0) is 14.0. The third-order valence-electron chi connectivity index (χ3n) is 2.60. The van der Waals surface area contributed by atoms with E-state index >= 15 is 0 Å². The molecule has 19 heavy (non-hydrogen) atoms. The van der Waals surface area contributed by atoms with E-state index in [1.165, 1.54) is 12.4 Å². The van der Waals surface area contributed by atoms with Crippen molar-refractivity contribution < 1.29 is 13.2 Å². The van der Waals surface area contributed by atoms with Crippen LogP contribution in [0.2, 0.25) is 0 Å². The molecule has 0 radical (unpaired) electrons. The molecule has 0 aliphatic heterocycles. The Labute approximate surface area is 108 Å². The second kappa shape index (κ2) is 4.95. The molecule has 100 valence electrons. The molecular weight excluding hydrogens is 255 g/mol. The maximum absolute atomic E-state index is 13.0. The van der Waals surface area contributed by atoms with Crippen LogP contribution in [0.25, 0.3) is 11.5 Å². The summed E-state index contributed by atoms with van der Waals surface area (Å²) < 4.78 is 39.0. The van der Waals surface area contributed by atoms with Crippen molar-refractivity contribution in [3.63, 3.8) is 0 Å². The van der Waals surface area contributed by atoms with Crippen molar-refractivity contribution in [1.82, 2.24) is 15.0 Å². The minimum Gasteiger partial charge on any atom is -0.253 e. The monoisotopic (exact) mass is 267 g/mol. The van der Waals surface area contributed by atoms with Gasteiger partial charge in [-0.2, -0.15) is 13.2 Å². The fourth-order valence-corrected chi connectivity index (χ4v) is 1.66. The average Bonchev–Trinajstić information content (AvgIpc) is 2.38. The molecule has 2 aromatic heterocycles. The Morgan fingerprint density at radius 2 is 1.84 bits per heavy atom. The molecule has 0 atom stereocenters. The largest absolute Gasteiger partial charge is 0.433 e. The first-order valence-corrected chi connectivity index (χ1v) is 5.75. The Morgan fingerprint density at radius 1 is 1.11 bits per heavy atom. The van der Waals surface area contributed by atoms with Gasteiger partial charge in [-0.3, -0.25) is 4.98 Å². The highest BCUT2D eigenvalue weighted by Crippen LogP contribution is 2.34. The van der Waals surface area contributed by atoms with Gasteiger partial charge >= 0.3 is 6.18 Å². The molecular formula is C13H12F3N3. The third-order valence-corrected chi connectivity index (χ3v) is 2.60. The molecule has 0 spiro atoms. The van der Waals surface area contributed by atoms with E-state index in [1.807, 2.05) is 0 Å². The van der Waals surface area contributed by atoms with Crippen molar-refractivity contribution >= 4 is 0 Å². The predicted octanol–water partition coefficient (Wildman–Crippen LogP) is 3.68. The summed E-state index contributed by atoms with van der Waals surface area (Å²) in [5, 5.41) is 0. The maximum atomic E-state index is 13.0. The van der Waals surface area contributed by atoms with Crippen LogP contribution in [-0.2, 0) is 6.18 Å². The predicted molar refractivity (Wildman–Crippen MR) is 64.4 cm³/mol. The van der Waals surface area contributed by atoms with Crippen LogP contribution in [0.4, 0.5) is 13.2 Å². The summed E-state index contributed by atoms with van der Waals surface area (Å²) in [5.41, 5.74) is -0.478. The number of hydrogen-bond donors (Lipinski definition) is 0. The van der Waals surface area contributed by atoms with E-state index in [2.05, 4.69) is 15.0 Å². The van der Waals surface area contributed by atoms with E-state index in [4.69, 9.17) is 0 Å². The van der Waals surface area contributed by atoms with Crippen molar-refractivity contribution in [2.24, 2.45) is 0 Å². The SMILES string of the molecule is CC(C)c1cnc(-c2ccccn2)nc1C(F)(F)F. The molecule has 0 fully saturated rings. The summed E-state index contributed by atoms with van der Waals surface area (Å²) in [7, 11) is 0. The number of rotatable bonds is 2. The smallest absolute Gasteiger partial charge is 0.253 e. The van der Waals surface area contributed by atoms with Crippen molar-refractivity contribution in [3.8, 4) is 11.5 Å². The van der Waals surface area contributed by atoms with Crippen molar-refractivity contribution in [1.29, 1.82) is 0 Å². The van der Waals surface area contributed by atoms with E-state index < -0.39 is 11.9 Å². The van der Waals surface area contributed by atoms with Gasteiger partial charge in [0.15, 0.2) is 11.5 Å². The molecule has 0 unspecified atom stereocenters. The third kappa shape index (κ3) is 2.89. The number of aromatic nitrogens is 3. The first-order valence-electron chi connectivity index (χ1n) is 5.75. The van der Waals surface area contributed by atoms with Crippen LogP contribution in [0.1, 0.15) is 31.0 Å². The highest BCUT2D eigenvalue weighted by molar-refractivity contribution is 5.49. The summed E-state index contributed by atoms with van der Waals surface area (Å²) in [6, 6.07) is 4.93. The van der Waals surface area contributed by atoms with Crippen molar-refractivity contribution in [2.45, 2.75) is 25.9 Å². The molecule has 0 N–H and O–H groups in total. The molecule has 0 saturated carbocycles. The van der Waals surface area contributed by atoms with Gasteiger partial charge in [0.2, 0.25) is 0 Å². The molecule has 2 rings (SSSR count). The Kier molecular flexibility index (Phi) is 3.50. The average molecular weight is 267 g/mol. The van der Waals surface area contributed by atoms with Gasteiger partial charge in [0.25, 0.3) is 0 Å². The Hall–Kier alpha value is -1.98. The van der Waals surface area contributed by atoms with E-state index in [1.54, 1.807) is 32.0 Å². The lowest BCUT2D eigenvalue weighted by Gasteiger charge is -2.14. The Bertz CT molecular complexity index is 565. The molecule has 0 bridgehead atoms. The molecule has 3 nitrogen and oxygen atoms in total. The van der Waals surface area contributed by atoms with E-state index in [-0.39, 0.29) is 17.3 Å². The van der Waals surface area contributed by atoms with Crippen LogP contribution in [0.5, 0.6) is 0 Å². The van der Waals surface area contributed by atoms with Crippen LogP contribution in [0.3, 0.4) is 0 Å². The number of nitrogens with zero attached hydrogens (tertiary/aromatic N) is 3. The van der Waals surface area contributed by atoms with Gasteiger partial charge in [-0.05, 0) is 18.1 Å². The van der Waals surface area contributed by atoms with Gasteiger partial charge < -0.3 is 0 Å². The molecule has 0 aliphatic rings. The van der Waals surface area contributed by atoms with Crippen molar-refractivity contribution in [2.75, 3.05) is 0 Å². The van der Waals surface area contributed by atoms with Gasteiger partial charge in [0.1, 0.15) is 5.69 Å². The molecule has 0 amide bonds. The molecule has 2 heterocycles. The van der Waals surface area contributed by atoms with Crippen LogP contribution in [-0.4, -0.2) is 15.0 Å². The van der Waals surface area contributed by atoms with E-state index in [0.29, 0.717) is 5.69 Å². The van der Waals surface area contributed by atoms with Gasteiger partial charge in [-0.15, -0.1) is 0 Å². The Balaban J connectivity index is 2.57. The number of alkyl halides is 3. The number of hydrogen-bond acceptors (Lipinski definition) is 3. The van der Waals surface area contributed by atoms with Gasteiger partial charge in [0.05, 0.1) is 0 Å². The van der Waals surface area contributed by atoms with Crippen LogP contribution < -0.4 is 0 Å². The first-order chi connectivity index (χ1) is 8.89. The van der Waals surface area contributed by atoms with E-state index in [9.17, 15) is 13.2 Å². The lowest BCUT2D eigenvalue weighted by atomic mass is 10.0. The summed E-state index contributed by atoms with van der Waals surface area (Å²) in [5.74, 6) is -0.313. The summed E-state index contributed by atoms with van der Waals surface area (Å²) >= 11 is 0. The second-order valence-electron chi connectivity index (χ2n) is 4.36. The summed E-state index contributed by atoms with van der Waals surface area (Å²) in [4.78, 5) is 11.6. The van der Waals surface area contributed by atoms with E-state index in [0.717, 1.165) is 0 Å². The Morgan fingerprint density at radius 3 is 2.37 bits per heavy atom. The first kappa shape index (κ1) is 13.5. The van der Waals surface area contributed by atoms with Gasteiger partial charge in [0, 0.05) is 18.0 Å². The quantitative estimate of drug-likeness (QED) is 0.833. The zero-order valence-corrected chi connectivity index (χ0v) is 10.4. The highest BCUT2D eigenvalue weighted by Gasteiger charge is 2.36. The minimum atomic E-state index is -4.49. The van der Waals surface area contributed by atoms with Crippen LogP contribution >= 0.6 is 0 Å². The fraction of sp³-hybridized carbons (Fsp3) is 0.308. The summed E-state index contributed by atoms with van der Waals surface area (Å²) in [6.07, 6.45) is -1.78. The second-order valence-corrected chi connectivity index (χ2v) is 4.36. The molecule has 2 aromatic rings. The molecule has 0 aromatic carbocycles. The minimum absolute atomic E-state index is 0.0164. The normalized spacial score (nSPS) is 11.9. The maximum Gasteiger partial charge on any atom is 0.433 e. The van der Waals surface area contributed by atoms with Gasteiger partial charge in [-0.25, -0.2) is 9.97 Å². The summed E-state index contributed by atoms with van der Waals surface area (Å²) in [6.45, 7) is 3.35. The van der Waals surface area contributed by atoms with Crippen LogP contribution in [0, 0.1) is 0 Å². The standard InChI is InChI=1S/C13H12F3N3/c1-8(2)9-7-18-12(10-5-3-4-6-17-10)19-11(9)13(14,15)16/h3-8H,1-2H3. The fourth-order valence-electron chi connectivity index (χ4n) is 1.66. The molecule has 0 saturated heterocycles. The number of pyridine rings is 1. The van der Waals surface area contributed by atoms with Gasteiger partial charge in [-0.1, -0.05) is 19.9 Å². The lowest BCUT2D eigenvalue weighted by molar-refractivity contribution is -0.142. The molecule has 0 aliphatic carbocycles. The lowest BCUT2D eigenvalue weighted by Crippen LogP contribution is -2.14.